The quantitative estimate of drug-likeness (QED) is 0.886. The van der Waals surface area contributed by atoms with Crippen molar-refractivity contribution in [3.63, 3.8) is 0 Å². The van der Waals surface area contributed by atoms with Crippen LogP contribution in [0.5, 0.6) is 0 Å². The van der Waals surface area contributed by atoms with Gasteiger partial charge in [0.05, 0.1) is 0 Å². The fraction of sp³-hybridized carbons (Fsp3) is 0.750. The van der Waals surface area contributed by atoms with Crippen molar-refractivity contribution in [1.29, 1.82) is 0 Å². The molecule has 3 heteroatoms. The molecule has 4 aliphatic rings. The second-order valence-corrected chi connectivity index (χ2v) is 7.00. The van der Waals surface area contributed by atoms with Crippen LogP contribution in [0.2, 0.25) is 0 Å². The van der Waals surface area contributed by atoms with Crippen LogP contribution in [0, 0.1) is 30.6 Å². The number of nitrogens with zero attached hydrogens (tertiary/aromatic N) is 2. The average Bonchev–Trinajstić information content (AvgIpc) is 2.37. The molecule has 4 saturated carbocycles. The minimum atomic E-state index is 0.549. The van der Waals surface area contributed by atoms with E-state index in [0.29, 0.717) is 12.5 Å². The van der Waals surface area contributed by atoms with Crippen LogP contribution in [0.25, 0.3) is 0 Å². The van der Waals surface area contributed by atoms with E-state index in [2.05, 4.69) is 11.9 Å². The van der Waals surface area contributed by atoms with Gasteiger partial charge in [-0.05, 0) is 62.7 Å². The second kappa shape index (κ2) is 4.27. The van der Waals surface area contributed by atoms with Gasteiger partial charge >= 0.3 is 0 Å². The summed E-state index contributed by atoms with van der Waals surface area (Å²) in [5.74, 6) is 5.51. The van der Waals surface area contributed by atoms with Gasteiger partial charge in [-0.1, -0.05) is 0 Å². The summed E-state index contributed by atoms with van der Waals surface area (Å²) in [6.07, 6.45) is 9.18. The van der Waals surface area contributed by atoms with E-state index in [1.807, 2.05) is 6.20 Å². The van der Waals surface area contributed by atoms with Crippen molar-refractivity contribution in [3.05, 3.63) is 23.3 Å². The van der Waals surface area contributed by atoms with Gasteiger partial charge in [0.15, 0.2) is 0 Å². The highest BCUT2D eigenvalue weighted by atomic mass is 14.9. The Hall–Kier alpha value is -0.960. The van der Waals surface area contributed by atoms with Crippen molar-refractivity contribution < 1.29 is 0 Å². The number of hydrogen-bond acceptors (Lipinski definition) is 3. The fourth-order valence-electron chi connectivity index (χ4n) is 5.22. The molecule has 5 rings (SSSR count). The van der Waals surface area contributed by atoms with Gasteiger partial charge in [-0.15, -0.1) is 0 Å². The smallest absolute Gasteiger partial charge is 0.132 e. The van der Waals surface area contributed by atoms with E-state index >= 15 is 0 Å². The third-order valence-corrected chi connectivity index (χ3v) is 5.84. The normalized spacial score (nSPS) is 39.8. The first-order valence-corrected chi connectivity index (χ1v) is 7.77. The molecule has 0 amide bonds. The van der Waals surface area contributed by atoms with E-state index in [4.69, 9.17) is 10.7 Å². The lowest BCUT2D eigenvalue weighted by Crippen LogP contribution is -2.44. The molecular weight excluding hydrogens is 234 g/mol. The Balaban J connectivity index is 1.67. The number of aryl methyl sites for hydroxylation is 1. The lowest BCUT2D eigenvalue weighted by atomic mass is 9.51. The van der Waals surface area contributed by atoms with Crippen LogP contribution in [0.4, 0.5) is 0 Å². The van der Waals surface area contributed by atoms with Crippen molar-refractivity contribution >= 4 is 0 Å². The van der Waals surface area contributed by atoms with Crippen molar-refractivity contribution in [2.75, 3.05) is 0 Å². The van der Waals surface area contributed by atoms with Crippen LogP contribution in [0.1, 0.15) is 55.1 Å². The zero-order chi connectivity index (χ0) is 13.0. The minimum Gasteiger partial charge on any atom is -0.326 e. The van der Waals surface area contributed by atoms with Gasteiger partial charge < -0.3 is 5.73 Å². The maximum atomic E-state index is 5.72. The summed E-state index contributed by atoms with van der Waals surface area (Å²) in [4.78, 5) is 9.46. The predicted octanol–water partition coefficient (Wildman–Crippen LogP) is 2.78. The molecule has 3 nitrogen and oxygen atoms in total. The van der Waals surface area contributed by atoms with Crippen molar-refractivity contribution in [1.82, 2.24) is 9.97 Å². The first-order chi connectivity index (χ1) is 9.24. The van der Waals surface area contributed by atoms with Crippen molar-refractivity contribution in [2.24, 2.45) is 29.4 Å². The predicted molar refractivity (Wildman–Crippen MR) is 74.4 cm³/mol. The molecule has 4 aliphatic carbocycles. The molecule has 19 heavy (non-hydrogen) atoms. The first-order valence-electron chi connectivity index (χ1n) is 7.77. The molecule has 0 aromatic carbocycles. The molecule has 1 aromatic rings. The lowest BCUT2D eigenvalue weighted by Gasteiger charge is -2.53. The van der Waals surface area contributed by atoms with E-state index in [9.17, 15) is 0 Å². The SMILES string of the molecule is Cc1nc(C2C3CC4CC(C3)CC2C4)ncc1CN. The van der Waals surface area contributed by atoms with Crippen LogP contribution in [0.3, 0.4) is 0 Å². The zero-order valence-corrected chi connectivity index (χ0v) is 11.7. The molecule has 1 heterocycles. The van der Waals surface area contributed by atoms with Crippen LogP contribution in [0.15, 0.2) is 6.20 Å². The van der Waals surface area contributed by atoms with E-state index in [-0.39, 0.29) is 0 Å². The van der Waals surface area contributed by atoms with Gasteiger partial charge in [0, 0.05) is 29.9 Å². The largest absolute Gasteiger partial charge is 0.326 e. The third kappa shape index (κ3) is 1.82. The monoisotopic (exact) mass is 257 g/mol. The highest BCUT2D eigenvalue weighted by Crippen LogP contribution is 2.59. The van der Waals surface area contributed by atoms with Crippen molar-refractivity contribution in [2.45, 2.75) is 51.5 Å². The van der Waals surface area contributed by atoms with Gasteiger partial charge in [-0.25, -0.2) is 9.97 Å². The third-order valence-electron chi connectivity index (χ3n) is 5.84. The summed E-state index contributed by atoms with van der Waals surface area (Å²) >= 11 is 0. The number of aromatic nitrogens is 2. The summed E-state index contributed by atoms with van der Waals surface area (Å²) < 4.78 is 0. The van der Waals surface area contributed by atoms with Gasteiger partial charge in [-0.3, -0.25) is 0 Å². The molecule has 1 aromatic heterocycles. The molecule has 2 N–H and O–H groups in total. The molecule has 0 unspecified atom stereocenters. The topological polar surface area (TPSA) is 51.8 Å². The molecule has 4 bridgehead atoms. The average molecular weight is 257 g/mol. The Labute approximate surface area is 115 Å². The summed E-state index contributed by atoms with van der Waals surface area (Å²) in [6, 6.07) is 0. The second-order valence-electron chi connectivity index (χ2n) is 7.00. The highest BCUT2D eigenvalue weighted by molar-refractivity contribution is 5.19. The Morgan fingerprint density at radius 2 is 1.74 bits per heavy atom. The summed E-state index contributed by atoms with van der Waals surface area (Å²) in [5.41, 5.74) is 7.89. The molecule has 0 aliphatic heterocycles. The Kier molecular flexibility index (Phi) is 2.66. The lowest BCUT2D eigenvalue weighted by molar-refractivity contribution is -0.00571. The maximum Gasteiger partial charge on any atom is 0.132 e. The Morgan fingerprint density at radius 3 is 2.26 bits per heavy atom. The van der Waals surface area contributed by atoms with Crippen LogP contribution in [-0.4, -0.2) is 9.97 Å². The summed E-state index contributed by atoms with van der Waals surface area (Å²) in [5, 5.41) is 0. The Morgan fingerprint density at radius 1 is 1.11 bits per heavy atom. The zero-order valence-electron chi connectivity index (χ0n) is 11.7. The molecule has 0 atom stereocenters. The van der Waals surface area contributed by atoms with Gasteiger partial charge in [-0.2, -0.15) is 0 Å². The van der Waals surface area contributed by atoms with Crippen LogP contribution < -0.4 is 5.73 Å². The number of nitrogens with two attached hydrogens (primary N) is 1. The summed E-state index contributed by atoms with van der Waals surface area (Å²) in [7, 11) is 0. The van der Waals surface area contributed by atoms with Gasteiger partial charge in [0.2, 0.25) is 0 Å². The number of hydrogen-bond donors (Lipinski definition) is 1. The minimum absolute atomic E-state index is 0.549. The summed E-state index contributed by atoms with van der Waals surface area (Å²) in [6.45, 7) is 2.62. The van der Waals surface area contributed by atoms with E-state index in [0.717, 1.165) is 40.8 Å². The fourth-order valence-corrected chi connectivity index (χ4v) is 5.22. The molecular formula is C16H23N3. The van der Waals surface area contributed by atoms with Crippen LogP contribution in [-0.2, 0) is 6.54 Å². The number of rotatable bonds is 2. The highest BCUT2D eigenvalue weighted by Gasteiger charge is 2.49. The van der Waals surface area contributed by atoms with E-state index in [1.165, 1.54) is 32.1 Å². The molecule has 102 valence electrons. The molecule has 0 spiro atoms. The molecule has 0 saturated heterocycles. The molecule has 0 radical (unpaired) electrons. The molecule has 4 fully saturated rings. The van der Waals surface area contributed by atoms with E-state index in [1.54, 1.807) is 0 Å². The van der Waals surface area contributed by atoms with Crippen LogP contribution >= 0.6 is 0 Å². The van der Waals surface area contributed by atoms with Crippen molar-refractivity contribution in [3.8, 4) is 0 Å². The van der Waals surface area contributed by atoms with Gasteiger partial charge in [0.25, 0.3) is 0 Å². The first kappa shape index (κ1) is 11.8. The standard InChI is InChI=1S/C16H23N3/c1-9-14(7-17)8-18-16(19-9)15-12-3-10-2-11(5-12)6-13(15)4-10/h8,10-13,15H,2-7,17H2,1H3. The maximum absolute atomic E-state index is 5.72. The van der Waals surface area contributed by atoms with Gasteiger partial charge in [0.1, 0.15) is 5.82 Å². The van der Waals surface area contributed by atoms with E-state index < -0.39 is 0 Å². The Bertz CT molecular complexity index is 469.